The van der Waals surface area contributed by atoms with Gasteiger partial charge in [-0.15, -0.1) is 5.10 Å². The molecule has 0 unspecified atom stereocenters. The van der Waals surface area contributed by atoms with Gasteiger partial charge in [0.15, 0.2) is 5.69 Å². The fourth-order valence-corrected chi connectivity index (χ4v) is 2.58. The van der Waals surface area contributed by atoms with Crippen molar-refractivity contribution in [1.82, 2.24) is 15.0 Å². The van der Waals surface area contributed by atoms with Crippen LogP contribution in [-0.2, 0) is 0 Å². The minimum atomic E-state index is -0.506. The molecule has 2 aromatic carbocycles. The number of nitro groups is 1. The van der Waals surface area contributed by atoms with Gasteiger partial charge in [0.05, 0.1) is 26.3 Å². The molecule has 0 radical (unpaired) electrons. The van der Waals surface area contributed by atoms with Crippen LogP contribution in [0.15, 0.2) is 42.5 Å². The lowest BCUT2D eigenvalue weighted by Crippen LogP contribution is -2.14. The molecule has 132 valence electrons. The van der Waals surface area contributed by atoms with Crippen molar-refractivity contribution in [3.63, 3.8) is 0 Å². The predicted octanol–water partition coefficient (Wildman–Crippen LogP) is 4.04. The van der Waals surface area contributed by atoms with E-state index in [1.165, 1.54) is 28.9 Å². The Morgan fingerprint density at radius 3 is 2.65 bits per heavy atom. The summed E-state index contributed by atoms with van der Waals surface area (Å²) in [5, 5.41) is 22.0. The van der Waals surface area contributed by atoms with Crippen LogP contribution in [0.25, 0.3) is 5.69 Å². The average Bonchev–Trinajstić information content (AvgIpc) is 3.00. The van der Waals surface area contributed by atoms with Crippen LogP contribution in [0.2, 0.25) is 10.0 Å². The number of carbonyl (C=O) groups excluding carboxylic acids is 1. The van der Waals surface area contributed by atoms with Crippen molar-refractivity contribution in [3.8, 4) is 5.69 Å². The number of rotatable bonds is 4. The zero-order chi connectivity index (χ0) is 18.8. The second kappa shape index (κ2) is 7.11. The van der Waals surface area contributed by atoms with Crippen molar-refractivity contribution in [2.45, 2.75) is 6.92 Å². The molecule has 1 N–H and O–H groups in total. The van der Waals surface area contributed by atoms with Gasteiger partial charge in [-0.2, -0.15) is 0 Å². The molecule has 26 heavy (non-hydrogen) atoms. The minimum absolute atomic E-state index is 0.0841. The van der Waals surface area contributed by atoms with Crippen molar-refractivity contribution < 1.29 is 9.72 Å². The third kappa shape index (κ3) is 3.51. The number of benzene rings is 2. The van der Waals surface area contributed by atoms with E-state index in [-0.39, 0.29) is 11.4 Å². The third-order valence-corrected chi connectivity index (χ3v) is 4.31. The number of hydrogen-bond acceptors (Lipinski definition) is 5. The quantitative estimate of drug-likeness (QED) is 0.533. The predicted molar refractivity (Wildman–Crippen MR) is 97.2 cm³/mol. The Morgan fingerprint density at radius 2 is 1.96 bits per heavy atom. The number of halogens is 2. The SMILES string of the molecule is Cc1c(C(=O)Nc2ccc(Cl)c(Cl)c2)nnn1-c1cccc([N+](=O)[O-])c1. The Morgan fingerprint density at radius 1 is 1.19 bits per heavy atom. The highest BCUT2D eigenvalue weighted by atomic mass is 35.5. The van der Waals surface area contributed by atoms with E-state index in [1.54, 1.807) is 25.1 Å². The van der Waals surface area contributed by atoms with Crippen molar-refractivity contribution in [1.29, 1.82) is 0 Å². The minimum Gasteiger partial charge on any atom is -0.320 e. The third-order valence-electron chi connectivity index (χ3n) is 3.57. The molecule has 0 saturated heterocycles. The molecule has 1 heterocycles. The van der Waals surface area contributed by atoms with Crippen molar-refractivity contribution in [2.24, 2.45) is 0 Å². The number of aromatic nitrogens is 3. The first-order chi connectivity index (χ1) is 12.4. The zero-order valence-electron chi connectivity index (χ0n) is 13.3. The molecular weight excluding hydrogens is 381 g/mol. The van der Waals surface area contributed by atoms with Crippen LogP contribution in [0, 0.1) is 17.0 Å². The van der Waals surface area contributed by atoms with E-state index >= 15 is 0 Å². The van der Waals surface area contributed by atoms with E-state index < -0.39 is 10.8 Å². The molecule has 1 aromatic heterocycles. The van der Waals surface area contributed by atoms with Crippen molar-refractivity contribution >= 4 is 40.5 Å². The second-order valence-corrected chi connectivity index (χ2v) is 6.11. The van der Waals surface area contributed by atoms with Gasteiger partial charge in [0.2, 0.25) is 0 Å². The van der Waals surface area contributed by atoms with Crippen LogP contribution >= 0.6 is 23.2 Å². The van der Waals surface area contributed by atoms with E-state index in [4.69, 9.17) is 23.2 Å². The second-order valence-electron chi connectivity index (χ2n) is 5.30. The molecule has 0 aliphatic rings. The van der Waals surface area contributed by atoms with E-state index in [1.807, 2.05) is 0 Å². The summed E-state index contributed by atoms with van der Waals surface area (Å²) >= 11 is 11.8. The summed E-state index contributed by atoms with van der Waals surface area (Å²) in [4.78, 5) is 22.8. The molecule has 0 atom stereocenters. The maximum atomic E-state index is 12.4. The first kappa shape index (κ1) is 17.8. The van der Waals surface area contributed by atoms with E-state index in [9.17, 15) is 14.9 Å². The number of non-ortho nitro benzene ring substituents is 1. The summed E-state index contributed by atoms with van der Waals surface area (Å²) < 4.78 is 1.36. The van der Waals surface area contributed by atoms with E-state index in [0.717, 1.165) is 0 Å². The molecule has 1 amide bonds. The molecule has 8 nitrogen and oxygen atoms in total. The normalized spacial score (nSPS) is 10.6. The molecule has 0 fully saturated rings. The summed E-state index contributed by atoms with van der Waals surface area (Å²) in [6.45, 7) is 1.64. The fraction of sp³-hybridized carbons (Fsp3) is 0.0625. The number of hydrogen-bond donors (Lipinski definition) is 1. The largest absolute Gasteiger partial charge is 0.320 e. The highest BCUT2D eigenvalue weighted by molar-refractivity contribution is 6.42. The maximum Gasteiger partial charge on any atom is 0.278 e. The summed E-state index contributed by atoms with van der Waals surface area (Å²) in [7, 11) is 0. The topological polar surface area (TPSA) is 103 Å². The van der Waals surface area contributed by atoms with Gasteiger partial charge in [-0.3, -0.25) is 14.9 Å². The van der Waals surface area contributed by atoms with E-state index in [2.05, 4.69) is 15.6 Å². The lowest BCUT2D eigenvalue weighted by atomic mass is 10.2. The van der Waals surface area contributed by atoms with E-state index in [0.29, 0.717) is 27.1 Å². The summed E-state index contributed by atoms with van der Waals surface area (Å²) in [5.41, 5.74) is 1.32. The molecule has 0 aliphatic carbocycles. The van der Waals surface area contributed by atoms with Crippen LogP contribution in [0.4, 0.5) is 11.4 Å². The van der Waals surface area contributed by atoms with Gasteiger partial charge in [-0.25, -0.2) is 4.68 Å². The zero-order valence-corrected chi connectivity index (χ0v) is 14.8. The Labute approximate surface area is 157 Å². The monoisotopic (exact) mass is 391 g/mol. The maximum absolute atomic E-state index is 12.4. The summed E-state index contributed by atoms with van der Waals surface area (Å²) in [5.74, 6) is -0.488. The number of nitro benzene ring substituents is 1. The number of carbonyl (C=O) groups is 1. The Kier molecular flexibility index (Phi) is 4.88. The highest BCUT2D eigenvalue weighted by Crippen LogP contribution is 2.25. The standard InChI is InChI=1S/C16H11Cl2N5O3/c1-9-15(16(24)19-10-5-6-13(17)14(18)7-10)20-21-22(9)11-3-2-4-12(8-11)23(25)26/h2-8H,1H3,(H,19,24). The first-order valence-electron chi connectivity index (χ1n) is 7.30. The molecule has 0 aliphatic heterocycles. The Hall–Kier alpha value is -2.97. The lowest BCUT2D eigenvalue weighted by Gasteiger charge is -2.06. The average molecular weight is 392 g/mol. The molecule has 0 bridgehead atoms. The Balaban J connectivity index is 1.88. The van der Waals surface area contributed by atoms with Crippen LogP contribution in [0.1, 0.15) is 16.2 Å². The lowest BCUT2D eigenvalue weighted by molar-refractivity contribution is -0.384. The van der Waals surface area contributed by atoms with Gasteiger partial charge < -0.3 is 5.32 Å². The number of anilines is 1. The van der Waals surface area contributed by atoms with Crippen molar-refractivity contribution in [2.75, 3.05) is 5.32 Å². The van der Waals surface area contributed by atoms with Crippen LogP contribution in [0.3, 0.4) is 0 Å². The number of amides is 1. The van der Waals surface area contributed by atoms with Crippen molar-refractivity contribution in [3.05, 3.63) is 74.0 Å². The van der Waals surface area contributed by atoms with Crippen LogP contribution in [0.5, 0.6) is 0 Å². The molecule has 10 heteroatoms. The molecule has 0 saturated carbocycles. The van der Waals surface area contributed by atoms with Gasteiger partial charge in [0, 0.05) is 17.8 Å². The van der Waals surface area contributed by atoms with Gasteiger partial charge in [0.25, 0.3) is 11.6 Å². The van der Waals surface area contributed by atoms with Gasteiger partial charge in [-0.05, 0) is 31.2 Å². The molecule has 0 spiro atoms. The van der Waals surface area contributed by atoms with Gasteiger partial charge in [0.1, 0.15) is 0 Å². The van der Waals surface area contributed by atoms with Gasteiger partial charge in [-0.1, -0.05) is 34.5 Å². The van der Waals surface area contributed by atoms with Gasteiger partial charge >= 0.3 is 0 Å². The van der Waals surface area contributed by atoms with Crippen LogP contribution < -0.4 is 5.32 Å². The van der Waals surface area contributed by atoms with Crippen LogP contribution in [-0.4, -0.2) is 25.8 Å². The molecule has 3 rings (SSSR count). The highest BCUT2D eigenvalue weighted by Gasteiger charge is 2.19. The fourth-order valence-electron chi connectivity index (χ4n) is 2.29. The first-order valence-corrected chi connectivity index (χ1v) is 8.06. The summed E-state index contributed by atoms with van der Waals surface area (Å²) in [6, 6.07) is 10.6. The smallest absolute Gasteiger partial charge is 0.278 e. The molecular formula is C16H11Cl2N5O3. The Bertz CT molecular complexity index is 1020. The summed E-state index contributed by atoms with van der Waals surface area (Å²) in [6.07, 6.45) is 0. The molecule has 3 aromatic rings. The number of nitrogens with zero attached hydrogens (tertiary/aromatic N) is 4. The number of nitrogens with one attached hydrogen (secondary N) is 1.